The van der Waals surface area contributed by atoms with Gasteiger partial charge in [0.05, 0.1) is 6.61 Å². The summed E-state index contributed by atoms with van der Waals surface area (Å²) in [5.74, 6) is 0.553. The van der Waals surface area contributed by atoms with Gasteiger partial charge in [0.2, 0.25) is 0 Å². The SMILES string of the molecule is CCOc1ccc(N/C=C(/C#N)C(=O)N2CCN(Cc3ccccc3)CC2)cc1. The molecule has 1 saturated heterocycles. The van der Waals surface area contributed by atoms with Crippen LogP contribution in [0.3, 0.4) is 0 Å². The fourth-order valence-corrected chi connectivity index (χ4v) is 3.23. The lowest BCUT2D eigenvalue weighted by Crippen LogP contribution is -2.48. The number of ether oxygens (including phenoxy) is 1. The first kappa shape index (κ1) is 20.4. The number of nitrogens with zero attached hydrogens (tertiary/aromatic N) is 3. The Labute approximate surface area is 172 Å². The van der Waals surface area contributed by atoms with Crippen LogP contribution in [0.5, 0.6) is 5.75 Å². The largest absolute Gasteiger partial charge is 0.494 e. The highest BCUT2D eigenvalue weighted by molar-refractivity contribution is 5.97. The summed E-state index contributed by atoms with van der Waals surface area (Å²) in [5, 5.41) is 12.5. The normalized spacial score (nSPS) is 14.9. The van der Waals surface area contributed by atoms with Gasteiger partial charge in [-0.3, -0.25) is 9.69 Å². The van der Waals surface area contributed by atoms with Crippen molar-refractivity contribution in [1.82, 2.24) is 9.80 Å². The number of carbonyl (C=O) groups excluding carboxylic acids is 1. The predicted octanol–water partition coefficient (Wildman–Crippen LogP) is 3.25. The van der Waals surface area contributed by atoms with Gasteiger partial charge < -0.3 is 15.0 Å². The summed E-state index contributed by atoms with van der Waals surface area (Å²) in [6.07, 6.45) is 1.48. The van der Waals surface area contributed by atoms with Crippen LogP contribution in [-0.4, -0.2) is 48.5 Å². The van der Waals surface area contributed by atoms with Crippen molar-refractivity contribution in [3.05, 3.63) is 71.9 Å². The third-order valence-corrected chi connectivity index (χ3v) is 4.81. The molecule has 0 radical (unpaired) electrons. The third-order valence-electron chi connectivity index (χ3n) is 4.81. The molecule has 0 aliphatic carbocycles. The number of anilines is 1. The number of rotatable bonds is 7. The molecule has 2 aromatic rings. The number of hydrogen-bond acceptors (Lipinski definition) is 5. The highest BCUT2D eigenvalue weighted by Crippen LogP contribution is 2.16. The highest BCUT2D eigenvalue weighted by atomic mass is 16.5. The van der Waals surface area contributed by atoms with Crippen molar-refractivity contribution in [1.29, 1.82) is 5.26 Å². The van der Waals surface area contributed by atoms with Crippen LogP contribution in [0.15, 0.2) is 66.4 Å². The second-order valence-corrected chi connectivity index (χ2v) is 6.83. The van der Waals surface area contributed by atoms with E-state index >= 15 is 0 Å². The van der Waals surface area contributed by atoms with Crippen LogP contribution in [-0.2, 0) is 11.3 Å². The predicted molar refractivity (Wildman–Crippen MR) is 113 cm³/mol. The smallest absolute Gasteiger partial charge is 0.266 e. The van der Waals surface area contributed by atoms with E-state index in [2.05, 4.69) is 22.3 Å². The van der Waals surface area contributed by atoms with Gasteiger partial charge in [0.1, 0.15) is 17.4 Å². The number of benzene rings is 2. The lowest BCUT2D eigenvalue weighted by atomic mass is 10.2. The Morgan fingerprint density at radius 1 is 1.10 bits per heavy atom. The fraction of sp³-hybridized carbons (Fsp3) is 0.304. The molecule has 1 amide bonds. The molecule has 1 aliphatic rings. The van der Waals surface area contributed by atoms with Crippen molar-refractivity contribution >= 4 is 11.6 Å². The van der Waals surface area contributed by atoms with Gasteiger partial charge in [0.15, 0.2) is 0 Å². The maximum atomic E-state index is 12.7. The van der Waals surface area contributed by atoms with Crippen molar-refractivity contribution in [2.45, 2.75) is 13.5 Å². The van der Waals surface area contributed by atoms with E-state index in [-0.39, 0.29) is 11.5 Å². The Hall–Kier alpha value is -3.30. The quantitative estimate of drug-likeness (QED) is 0.581. The molecule has 6 nitrogen and oxygen atoms in total. The molecular weight excluding hydrogens is 364 g/mol. The highest BCUT2D eigenvalue weighted by Gasteiger charge is 2.23. The van der Waals surface area contributed by atoms with Gasteiger partial charge in [0.25, 0.3) is 5.91 Å². The molecule has 3 rings (SSSR count). The number of piperazine rings is 1. The van der Waals surface area contributed by atoms with E-state index in [0.717, 1.165) is 31.1 Å². The molecule has 0 saturated carbocycles. The Morgan fingerprint density at radius 2 is 1.79 bits per heavy atom. The van der Waals surface area contributed by atoms with Crippen molar-refractivity contribution in [2.24, 2.45) is 0 Å². The summed E-state index contributed by atoms with van der Waals surface area (Å²) >= 11 is 0. The summed E-state index contributed by atoms with van der Waals surface area (Å²) in [6.45, 7) is 6.25. The topological polar surface area (TPSA) is 68.6 Å². The number of amides is 1. The van der Waals surface area contributed by atoms with E-state index in [9.17, 15) is 10.1 Å². The second kappa shape index (κ2) is 10.3. The van der Waals surface area contributed by atoms with Crippen molar-refractivity contribution < 1.29 is 9.53 Å². The van der Waals surface area contributed by atoms with Crippen molar-refractivity contribution in [3.63, 3.8) is 0 Å². The first-order chi connectivity index (χ1) is 14.2. The van der Waals surface area contributed by atoms with Gasteiger partial charge >= 0.3 is 0 Å². The molecule has 150 valence electrons. The van der Waals surface area contributed by atoms with Crippen LogP contribution in [0.4, 0.5) is 5.69 Å². The summed E-state index contributed by atoms with van der Waals surface area (Å²) in [6, 6.07) is 19.7. The zero-order valence-corrected chi connectivity index (χ0v) is 16.7. The Bertz CT molecular complexity index is 864. The maximum absolute atomic E-state index is 12.7. The van der Waals surface area contributed by atoms with E-state index < -0.39 is 0 Å². The zero-order chi connectivity index (χ0) is 20.5. The molecule has 1 heterocycles. The molecule has 0 bridgehead atoms. The Kier molecular flexibility index (Phi) is 7.26. The molecular formula is C23H26N4O2. The molecule has 1 aliphatic heterocycles. The summed E-state index contributed by atoms with van der Waals surface area (Å²) in [4.78, 5) is 16.8. The Morgan fingerprint density at radius 3 is 2.41 bits per heavy atom. The lowest BCUT2D eigenvalue weighted by Gasteiger charge is -2.34. The standard InChI is InChI=1S/C23H26N4O2/c1-2-29-22-10-8-21(9-11-22)25-17-20(16-24)23(28)27-14-12-26(13-15-27)18-19-6-4-3-5-7-19/h3-11,17,25H,2,12-15,18H2,1H3/b20-17-. The molecule has 0 aromatic heterocycles. The van der Waals surface area contributed by atoms with Crippen molar-refractivity contribution in [2.75, 3.05) is 38.1 Å². The minimum atomic E-state index is -0.231. The maximum Gasteiger partial charge on any atom is 0.266 e. The molecule has 0 unspecified atom stereocenters. The van der Waals surface area contributed by atoms with Crippen LogP contribution in [0, 0.1) is 11.3 Å². The van der Waals surface area contributed by atoms with Gasteiger partial charge in [-0.05, 0) is 36.8 Å². The van der Waals surface area contributed by atoms with Crippen LogP contribution in [0.2, 0.25) is 0 Å². The fourth-order valence-electron chi connectivity index (χ4n) is 3.23. The second-order valence-electron chi connectivity index (χ2n) is 6.83. The van der Waals surface area contributed by atoms with E-state index in [1.807, 2.05) is 55.5 Å². The first-order valence-corrected chi connectivity index (χ1v) is 9.85. The van der Waals surface area contributed by atoms with E-state index in [1.165, 1.54) is 11.8 Å². The molecule has 0 atom stereocenters. The lowest BCUT2D eigenvalue weighted by molar-refractivity contribution is -0.128. The zero-order valence-electron chi connectivity index (χ0n) is 16.7. The average molecular weight is 390 g/mol. The average Bonchev–Trinajstić information content (AvgIpc) is 2.76. The molecule has 1 N–H and O–H groups in total. The number of hydrogen-bond donors (Lipinski definition) is 1. The minimum absolute atomic E-state index is 0.107. The van der Waals surface area contributed by atoms with Gasteiger partial charge in [-0.15, -0.1) is 0 Å². The van der Waals surface area contributed by atoms with Crippen LogP contribution in [0.25, 0.3) is 0 Å². The van der Waals surface area contributed by atoms with Crippen molar-refractivity contribution in [3.8, 4) is 11.8 Å². The molecule has 0 spiro atoms. The number of nitrogens with one attached hydrogen (secondary N) is 1. The van der Waals surface area contributed by atoms with Gasteiger partial charge in [0, 0.05) is 44.6 Å². The van der Waals surface area contributed by atoms with Gasteiger partial charge in [-0.2, -0.15) is 5.26 Å². The monoisotopic (exact) mass is 390 g/mol. The van der Waals surface area contributed by atoms with Crippen LogP contribution < -0.4 is 10.1 Å². The number of carbonyl (C=O) groups is 1. The summed E-state index contributed by atoms with van der Waals surface area (Å²) in [7, 11) is 0. The summed E-state index contributed by atoms with van der Waals surface area (Å²) in [5.41, 5.74) is 2.17. The van der Waals surface area contributed by atoms with E-state index in [1.54, 1.807) is 4.90 Å². The van der Waals surface area contributed by atoms with Gasteiger partial charge in [-0.25, -0.2) is 0 Å². The van der Waals surface area contributed by atoms with Gasteiger partial charge in [-0.1, -0.05) is 30.3 Å². The number of nitriles is 1. The molecule has 29 heavy (non-hydrogen) atoms. The molecule has 2 aromatic carbocycles. The van der Waals surface area contributed by atoms with Crippen LogP contribution in [0.1, 0.15) is 12.5 Å². The van der Waals surface area contributed by atoms with Crippen LogP contribution >= 0.6 is 0 Å². The van der Waals surface area contributed by atoms with E-state index in [0.29, 0.717) is 19.7 Å². The third kappa shape index (κ3) is 5.84. The first-order valence-electron chi connectivity index (χ1n) is 9.85. The minimum Gasteiger partial charge on any atom is -0.494 e. The Balaban J connectivity index is 1.53. The molecule has 1 fully saturated rings. The summed E-state index contributed by atoms with van der Waals surface area (Å²) < 4.78 is 5.41. The molecule has 6 heteroatoms. The van der Waals surface area contributed by atoms with E-state index in [4.69, 9.17) is 4.74 Å².